The highest BCUT2D eigenvalue weighted by atomic mass is 16.5. The number of rotatable bonds is 3. The summed E-state index contributed by atoms with van der Waals surface area (Å²) in [5.41, 5.74) is 6.62. The standard InChI is InChI=1S/C10H15NO2/c1-7(12)10(11)8-5-3-4-6-9(8)13-2/h3-7,10,12H,11H2,1-2H3/t7-,10+/m0/s1. The van der Waals surface area contributed by atoms with Crippen molar-refractivity contribution in [1.29, 1.82) is 0 Å². The summed E-state index contributed by atoms with van der Waals surface area (Å²) >= 11 is 0. The predicted molar refractivity (Wildman–Crippen MR) is 51.6 cm³/mol. The Hall–Kier alpha value is -1.06. The normalized spacial score (nSPS) is 15.1. The zero-order valence-electron chi connectivity index (χ0n) is 7.90. The number of para-hydroxylation sites is 1. The second-order valence-electron chi connectivity index (χ2n) is 3.01. The van der Waals surface area contributed by atoms with E-state index >= 15 is 0 Å². The zero-order chi connectivity index (χ0) is 9.84. The molecule has 0 aliphatic carbocycles. The summed E-state index contributed by atoms with van der Waals surface area (Å²) in [5, 5.41) is 9.31. The number of methoxy groups -OCH3 is 1. The Morgan fingerprint density at radius 3 is 2.54 bits per heavy atom. The number of benzene rings is 1. The van der Waals surface area contributed by atoms with Crippen molar-refractivity contribution >= 4 is 0 Å². The van der Waals surface area contributed by atoms with Crippen molar-refractivity contribution in [1.82, 2.24) is 0 Å². The zero-order valence-corrected chi connectivity index (χ0v) is 7.90. The summed E-state index contributed by atoms with van der Waals surface area (Å²) < 4.78 is 5.13. The lowest BCUT2D eigenvalue weighted by molar-refractivity contribution is 0.162. The van der Waals surface area contributed by atoms with Gasteiger partial charge in [0.25, 0.3) is 0 Å². The lowest BCUT2D eigenvalue weighted by atomic mass is 10.0. The largest absolute Gasteiger partial charge is 0.496 e. The SMILES string of the molecule is COc1ccccc1[C@H](N)[C@H](C)O. The van der Waals surface area contributed by atoms with Gasteiger partial charge in [-0.05, 0) is 13.0 Å². The van der Waals surface area contributed by atoms with Crippen molar-refractivity contribution in [2.24, 2.45) is 5.73 Å². The third-order valence-corrected chi connectivity index (χ3v) is 2.02. The fourth-order valence-corrected chi connectivity index (χ4v) is 1.20. The van der Waals surface area contributed by atoms with Gasteiger partial charge >= 0.3 is 0 Å². The van der Waals surface area contributed by atoms with Crippen LogP contribution in [0.3, 0.4) is 0 Å². The summed E-state index contributed by atoms with van der Waals surface area (Å²) in [6.45, 7) is 1.66. The van der Waals surface area contributed by atoms with Crippen molar-refractivity contribution < 1.29 is 9.84 Å². The minimum Gasteiger partial charge on any atom is -0.496 e. The molecule has 0 radical (unpaired) electrons. The van der Waals surface area contributed by atoms with E-state index in [0.29, 0.717) is 0 Å². The molecule has 0 aromatic heterocycles. The number of hydrogen-bond donors (Lipinski definition) is 2. The van der Waals surface area contributed by atoms with E-state index in [0.717, 1.165) is 11.3 Å². The molecule has 0 unspecified atom stereocenters. The van der Waals surface area contributed by atoms with Gasteiger partial charge in [-0.25, -0.2) is 0 Å². The fourth-order valence-electron chi connectivity index (χ4n) is 1.20. The van der Waals surface area contributed by atoms with Crippen molar-refractivity contribution in [3.05, 3.63) is 29.8 Å². The molecule has 0 spiro atoms. The summed E-state index contributed by atoms with van der Waals surface area (Å²) in [7, 11) is 1.59. The number of nitrogens with two attached hydrogens (primary N) is 1. The number of aliphatic hydroxyl groups excluding tert-OH is 1. The first kappa shape index (κ1) is 10.0. The van der Waals surface area contributed by atoms with Crippen LogP contribution in [-0.4, -0.2) is 18.3 Å². The van der Waals surface area contributed by atoms with Gasteiger partial charge in [0.05, 0.1) is 19.3 Å². The van der Waals surface area contributed by atoms with E-state index in [-0.39, 0.29) is 0 Å². The lowest BCUT2D eigenvalue weighted by Gasteiger charge is -2.17. The molecule has 3 N–H and O–H groups in total. The van der Waals surface area contributed by atoms with E-state index < -0.39 is 12.1 Å². The Morgan fingerprint density at radius 1 is 1.38 bits per heavy atom. The van der Waals surface area contributed by atoms with Crippen molar-refractivity contribution in [2.45, 2.75) is 19.1 Å². The molecule has 3 nitrogen and oxygen atoms in total. The molecule has 0 heterocycles. The van der Waals surface area contributed by atoms with Crippen molar-refractivity contribution in [2.75, 3.05) is 7.11 Å². The Balaban J connectivity index is 2.98. The molecule has 1 rings (SSSR count). The van der Waals surface area contributed by atoms with Crippen LogP contribution in [0.15, 0.2) is 24.3 Å². The van der Waals surface area contributed by atoms with Crippen LogP contribution >= 0.6 is 0 Å². The maximum Gasteiger partial charge on any atom is 0.123 e. The second kappa shape index (κ2) is 4.25. The van der Waals surface area contributed by atoms with E-state index in [9.17, 15) is 5.11 Å². The minimum absolute atomic E-state index is 0.392. The van der Waals surface area contributed by atoms with Gasteiger partial charge in [-0.3, -0.25) is 0 Å². The molecule has 1 aromatic carbocycles. The third kappa shape index (κ3) is 2.20. The topological polar surface area (TPSA) is 55.5 Å². The molecule has 0 aliphatic heterocycles. The van der Waals surface area contributed by atoms with Gasteiger partial charge in [0.2, 0.25) is 0 Å². The first-order valence-electron chi connectivity index (χ1n) is 4.23. The first-order chi connectivity index (χ1) is 6.16. The maximum atomic E-state index is 9.31. The van der Waals surface area contributed by atoms with Gasteiger partial charge in [-0.2, -0.15) is 0 Å². The van der Waals surface area contributed by atoms with Crippen LogP contribution in [0.2, 0.25) is 0 Å². The van der Waals surface area contributed by atoms with E-state index in [1.807, 2.05) is 24.3 Å². The van der Waals surface area contributed by atoms with Gasteiger partial charge in [0.1, 0.15) is 5.75 Å². The third-order valence-electron chi connectivity index (χ3n) is 2.02. The van der Waals surface area contributed by atoms with E-state index in [1.54, 1.807) is 14.0 Å². The molecule has 0 fully saturated rings. The average molecular weight is 181 g/mol. The quantitative estimate of drug-likeness (QED) is 0.733. The van der Waals surface area contributed by atoms with Gasteiger partial charge < -0.3 is 15.6 Å². The number of hydrogen-bond acceptors (Lipinski definition) is 3. The van der Waals surface area contributed by atoms with Crippen molar-refractivity contribution in [3.63, 3.8) is 0 Å². The molecule has 0 bridgehead atoms. The van der Waals surface area contributed by atoms with Crippen LogP contribution in [0.25, 0.3) is 0 Å². The molecule has 3 heteroatoms. The summed E-state index contributed by atoms with van der Waals surface area (Å²) in [5.74, 6) is 0.718. The van der Waals surface area contributed by atoms with Crippen LogP contribution in [0.5, 0.6) is 5.75 Å². The highest BCUT2D eigenvalue weighted by Crippen LogP contribution is 2.24. The summed E-state index contributed by atoms with van der Waals surface area (Å²) in [6, 6.07) is 7.04. The molecule has 0 aliphatic rings. The predicted octanol–water partition coefficient (Wildman–Crippen LogP) is 1.08. The van der Waals surface area contributed by atoms with Gasteiger partial charge in [-0.15, -0.1) is 0 Å². The molecular weight excluding hydrogens is 166 g/mol. The summed E-state index contributed by atoms with van der Waals surface area (Å²) in [6.07, 6.45) is -0.573. The fraction of sp³-hybridized carbons (Fsp3) is 0.400. The van der Waals surface area contributed by atoms with Crippen LogP contribution in [-0.2, 0) is 0 Å². The average Bonchev–Trinajstić information content (AvgIpc) is 2.16. The molecule has 0 saturated carbocycles. The highest BCUT2D eigenvalue weighted by Gasteiger charge is 2.15. The molecule has 2 atom stereocenters. The number of aliphatic hydroxyl groups is 1. The molecule has 0 saturated heterocycles. The van der Waals surface area contributed by atoms with Crippen LogP contribution in [0, 0.1) is 0 Å². The monoisotopic (exact) mass is 181 g/mol. The summed E-state index contributed by atoms with van der Waals surface area (Å²) in [4.78, 5) is 0. The van der Waals surface area contributed by atoms with Crippen LogP contribution in [0.4, 0.5) is 0 Å². The highest BCUT2D eigenvalue weighted by molar-refractivity contribution is 5.36. The van der Waals surface area contributed by atoms with Gasteiger partial charge in [0.15, 0.2) is 0 Å². The Morgan fingerprint density at radius 2 is 2.00 bits per heavy atom. The number of ether oxygens (including phenoxy) is 1. The smallest absolute Gasteiger partial charge is 0.123 e. The lowest BCUT2D eigenvalue weighted by Crippen LogP contribution is -2.23. The molecule has 0 amide bonds. The van der Waals surface area contributed by atoms with Crippen molar-refractivity contribution in [3.8, 4) is 5.75 Å². The molecule has 72 valence electrons. The Bertz CT molecular complexity index is 273. The molecule has 13 heavy (non-hydrogen) atoms. The van der Waals surface area contributed by atoms with E-state index in [2.05, 4.69) is 0 Å². The first-order valence-corrected chi connectivity index (χ1v) is 4.23. The van der Waals surface area contributed by atoms with Gasteiger partial charge in [-0.1, -0.05) is 18.2 Å². The van der Waals surface area contributed by atoms with Crippen LogP contribution in [0.1, 0.15) is 18.5 Å². The Labute approximate surface area is 78.1 Å². The Kier molecular flexibility index (Phi) is 3.28. The van der Waals surface area contributed by atoms with E-state index in [1.165, 1.54) is 0 Å². The van der Waals surface area contributed by atoms with Gasteiger partial charge in [0, 0.05) is 5.56 Å². The molecule has 1 aromatic rings. The molecular formula is C10H15NO2. The maximum absolute atomic E-state index is 9.31. The second-order valence-corrected chi connectivity index (χ2v) is 3.01. The van der Waals surface area contributed by atoms with E-state index in [4.69, 9.17) is 10.5 Å². The minimum atomic E-state index is -0.573. The van der Waals surface area contributed by atoms with Crippen LogP contribution < -0.4 is 10.5 Å².